The molecule has 0 unspecified atom stereocenters. The number of benzene rings is 4. The Kier molecular flexibility index (Phi) is 7.59. The van der Waals surface area contributed by atoms with E-state index >= 15 is 0 Å². The van der Waals surface area contributed by atoms with E-state index in [4.69, 9.17) is 9.47 Å². The number of esters is 1. The number of rotatable bonds is 9. The largest absolute Gasteiger partial charge is 0.487 e. The molecule has 1 heterocycles. The summed E-state index contributed by atoms with van der Waals surface area (Å²) < 4.78 is 11.0. The second-order valence-corrected chi connectivity index (χ2v) is 8.93. The number of aromatic nitrogens is 1. The van der Waals surface area contributed by atoms with E-state index in [9.17, 15) is 9.59 Å². The summed E-state index contributed by atoms with van der Waals surface area (Å²) in [6.45, 7) is 2.97. The number of fused-ring (bicyclic) bond motifs is 2. The number of carbonyl (C=O) groups is 2. The summed E-state index contributed by atoms with van der Waals surface area (Å²) in [5, 5.41) is 6.03. The van der Waals surface area contributed by atoms with Gasteiger partial charge in [-0.15, -0.1) is 0 Å². The van der Waals surface area contributed by atoms with Gasteiger partial charge in [0.1, 0.15) is 12.4 Å². The van der Waals surface area contributed by atoms with Gasteiger partial charge < -0.3 is 14.8 Å². The van der Waals surface area contributed by atoms with Gasteiger partial charge in [0.2, 0.25) is 0 Å². The lowest BCUT2D eigenvalue weighted by molar-refractivity contribution is 0.0526. The molecule has 190 valence electrons. The smallest absolute Gasteiger partial charge is 0.338 e. The highest BCUT2D eigenvalue weighted by Crippen LogP contribution is 2.23. The van der Waals surface area contributed by atoms with Gasteiger partial charge in [-0.1, -0.05) is 48.5 Å². The zero-order chi connectivity index (χ0) is 26.3. The van der Waals surface area contributed by atoms with Crippen LogP contribution < -0.4 is 10.1 Å². The van der Waals surface area contributed by atoms with Crippen molar-refractivity contribution in [2.45, 2.75) is 20.0 Å². The number of hydrogen-bond acceptors (Lipinski definition) is 5. The molecule has 4 aromatic carbocycles. The summed E-state index contributed by atoms with van der Waals surface area (Å²) in [7, 11) is 0. The first kappa shape index (κ1) is 25.0. The Labute approximate surface area is 221 Å². The Balaban J connectivity index is 1.19. The summed E-state index contributed by atoms with van der Waals surface area (Å²) in [5.41, 5.74) is 3.93. The monoisotopic (exact) mass is 504 g/mol. The molecule has 0 saturated carbocycles. The molecule has 0 bridgehead atoms. The quantitative estimate of drug-likeness (QED) is 0.245. The van der Waals surface area contributed by atoms with E-state index in [1.54, 1.807) is 19.1 Å². The predicted octanol–water partition coefficient (Wildman–Crippen LogP) is 6.12. The Morgan fingerprint density at radius 1 is 0.789 bits per heavy atom. The predicted molar refractivity (Wildman–Crippen MR) is 148 cm³/mol. The fourth-order valence-electron chi connectivity index (χ4n) is 4.25. The summed E-state index contributed by atoms with van der Waals surface area (Å²) in [6, 6.07) is 30.8. The molecule has 0 aliphatic rings. The molecule has 1 aromatic heterocycles. The van der Waals surface area contributed by atoms with Gasteiger partial charge in [-0.2, -0.15) is 0 Å². The molecule has 0 fully saturated rings. The van der Waals surface area contributed by atoms with E-state index in [0.717, 1.165) is 38.7 Å². The molecular formula is C32H28N2O4. The normalized spacial score (nSPS) is 10.9. The van der Waals surface area contributed by atoms with Crippen molar-refractivity contribution in [3.8, 4) is 5.75 Å². The van der Waals surface area contributed by atoms with Crippen LogP contribution in [0.5, 0.6) is 5.75 Å². The van der Waals surface area contributed by atoms with Crippen LogP contribution in [0.15, 0.2) is 97.1 Å². The van der Waals surface area contributed by atoms with Crippen LogP contribution in [0.1, 0.15) is 38.9 Å². The van der Waals surface area contributed by atoms with Crippen molar-refractivity contribution >= 4 is 33.6 Å². The minimum atomic E-state index is -0.331. The number of hydrogen-bond donors (Lipinski definition) is 1. The number of carbonyl (C=O) groups excluding carboxylic acids is 2. The Morgan fingerprint density at radius 2 is 1.55 bits per heavy atom. The summed E-state index contributed by atoms with van der Waals surface area (Å²) >= 11 is 0. The summed E-state index contributed by atoms with van der Waals surface area (Å²) in [6.07, 6.45) is 0.656. The van der Waals surface area contributed by atoms with Crippen LogP contribution in [0.25, 0.3) is 21.7 Å². The Hall–Kier alpha value is -4.71. The Morgan fingerprint density at radius 3 is 2.39 bits per heavy atom. The number of nitrogens with one attached hydrogen (secondary N) is 1. The van der Waals surface area contributed by atoms with Gasteiger partial charge in [0.25, 0.3) is 5.91 Å². The van der Waals surface area contributed by atoms with Crippen LogP contribution in [-0.4, -0.2) is 30.0 Å². The second-order valence-electron chi connectivity index (χ2n) is 8.93. The molecule has 1 N–H and O–H groups in total. The highest BCUT2D eigenvalue weighted by Gasteiger charge is 2.09. The SMILES string of the molecule is CCOC(=O)c1ccc(CCNC(=O)c2ccc3ccc(OCc4ccc5ccccc5n4)cc3c2)cc1. The van der Waals surface area contributed by atoms with Gasteiger partial charge in [0.05, 0.1) is 23.4 Å². The molecule has 0 atom stereocenters. The molecule has 0 spiro atoms. The van der Waals surface area contributed by atoms with E-state index in [1.807, 2.05) is 84.9 Å². The van der Waals surface area contributed by atoms with Gasteiger partial charge in [0.15, 0.2) is 0 Å². The van der Waals surface area contributed by atoms with Crippen LogP contribution >= 0.6 is 0 Å². The molecule has 0 aliphatic heterocycles. The number of ether oxygens (including phenoxy) is 2. The maximum atomic E-state index is 12.8. The van der Waals surface area contributed by atoms with Gasteiger partial charge in [-0.05, 0) is 78.2 Å². The zero-order valence-corrected chi connectivity index (χ0v) is 21.1. The minimum absolute atomic E-state index is 0.137. The summed E-state index contributed by atoms with van der Waals surface area (Å²) in [4.78, 5) is 29.2. The third-order valence-corrected chi connectivity index (χ3v) is 6.28. The van der Waals surface area contributed by atoms with Gasteiger partial charge in [0, 0.05) is 17.5 Å². The molecule has 0 saturated heterocycles. The van der Waals surface area contributed by atoms with E-state index in [-0.39, 0.29) is 11.9 Å². The molecule has 5 aromatic rings. The first-order chi connectivity index (χ1) is 18.6. The van der Waals surface area contributed by atoms with Crippen molar-refractivity contribution in [2.75, 3.05) is 13.2 Å². The molecule has 5 rings (SSSR count). The van der Waals surface area contributed by atoms with Crippen molar-refractivity contribution in [3.63, 3.8) is 0 Å². The summed E-state index contributed by atoms with van der Waals surface area (Å²) in [5.74, 6) is 0.251. The Bertz CT molecular complexity index is 1600. The van der Waals surface area contributed by atoms with Crippen molar-refractivity contribution in [1.29, 1.82) is 0 Å². The highest BCUT2D eigenvalue weighted by atomic mass is 16.5. The van der Waals surface area contributed by atoms with E-state index in [0.29, 0.717) is 37.3 Å². The van der Waals surface area contributed by atoms with Crippen LogP contribution in [0.4, 0.5) is 0 Å². The standard InChI is InChI=1S/C32H28N2O4/c1-2-37-32(36)25-9-7-22(8-10-25)17-18-33-31(35)26-12-11-23-14-16-29(20-27(23)19-26)38-21-28-15-13-24-5-3-4-6-30(24)34-28/h3-16,19-20H,2,17-18,21H2,1H3,(H,33,35). The molecular weight excluding hydrogens is 476 g/mol. The second kappa shape index (κ2) is 11.6. The minimum Gasteiger partial charge on any atom is -0.487 e. The highest BCUT2D eigenvalue weighted by molar-refractivity contribution is 5.98. The zero-order valence-electron chi connectivity index (χ0n) is 21.1. The first-order valence-corrected chi connectivity index (χ1v) is 12.6. The number of para-hydroxylation sites is 1. The molecule has 38 heavy (non-hydrogen) atoms. The molecule has 6 heteroatoms. The third kappa shape index (κ3) is 5.98. The molecule has 1 amide bonds. The van der Waals surface area contributed by atoms with Crippen LogP contribution in [0.3, 0.4) is 0 Å². The number of pyridine rings is 1. The fourth-order valence-corrected chi connectivity index (χ4v) is 4.25. The van der Waals surface area contributed by atoms with Crippen molar-refractivity contribution in [3.05, 3.63) is 119 Å². The van der Waals surface area contributed by atoms with Crippen LogP contribution in [0.2, 0.25) is 0 Å². The van der Waals surface area contributed by atoms with E-state index in [1.165, 1.54) is 0 Å². The van der Waals surface area contributed by atoms with Gasteiger partial charge in [-0.3, -0.25) is 4.79 Å². The average molecular weight is 505 g/mol. The fraction of sp³-hybridized carbons (Fsp3) is 0.156. The average Bonchev–Trinajstić information content (AvgIpc) is 2.96. The third-order valence-electron chi connectivity index (χ3n) is 6.28. The van der Waals surface area contributed by atoms with Crippen molar-refractivity contribution < 1.29 is 19.1 Å². The van der Waals surface area contributed by atoms with E-state index in [2.05, 4.69) is 10.3 Å². The number of amides is 1. The maximum Gasteiger partial charge on any atom is 0.338 e. The topological polar surface area (TPSA) is 77.5 Å². The van der Waals surface area contributed by atoms with Gasteiger partial charge in [-0.25, -0.2) is 9.78 Å². The van der Waals surface area contributed by atoms with Gasteiger partial charge >= 0.3 is 5.97 Å². The molecule has 0 radical (unpaired) electrons. The van der Waals surface area contributed by atoms with Crippen LogP contribution in [-0.2, 0) is 17.8 Å². The molecule has 0 aliphatic carbocycles. The maximum absolute atomic E-state index is 12.8. The van der Waals surface area contributed by atoms with Crippen LogP contribution in [0, 0.1) is 0 Å². The van der Waals surface area contributed by atoms with Crippen molar-refractivity contribution in [1.82, 2.24) is 10.3 Å². The molecule has 6 nitrogen and oxygen atoms in total. The lowest BCUT2D eigenvalue weighted by atomic mass is 10.1. The number of nitrogens with zero attached hydrogens (tertiary/aromatic N) is 1. The lowest BCUT2D eigenvalue weighted by Gasteiger charge is -2.10. The lowest BCUT2D eigenvalue weighted by Crippen LogP contribution is -2.25. The first-order valence-electron chi connectivity index (χ1n) is 12.6. The van der Waals surface area contributed by atoms with Crippen molar-refractivity contribution in [2.24, 2.45) is 0 Å². The van der Waals surface area contributed by atoms with E-state index < -0.39 is 0 Å².